The van der Waals surface area contributed by atoms with Gasteiger partial charge in [0, 0.05) is 16.5 Å². The van der Waals surface area contributed by atoms with Gasteiger partial charge in [0.05, 0.1) is 11.7 Å². The Morgan fingerprint density at radius 3 is 2.41 bits per heavy atom. The van der Waals surface area contributed by atoms with Gasteiger partial charge in [-0.05, 0) is 73.7 Å². The van der Waals surface area contributed by atoms with Crippen molar-refractivity contribution in [2.45, 2.75) is 52.1 Å². The number of rotatable bonds is 11. The van der Waals surface area contributed by atoms with Crippen LogP contribution in [0.15, 0.2) is 107 Å². The van der Waals surface area contributed by atoms with E-state index in [1.807, 2.05) is 85.8 Å². The number of primary amides is 1. The number of carbonyl (C=O) groups excluding carboxylic acids is 1. The van der Waals surface area contributed by atoms with E-state index in [0.717, 1.165) is 51.9 Å². The fraction of sp³-hybridized carbons (Fsp3) is 0.235. The van der Waals surface area contributed by atoms with Gasteiger partial charge in [-0.25, -0.2) is 0 Å². The highest BCUT2D eigenvalue weighted by Gasteiger charge is 2.13. The number of halogens is 1. The van der Waals surface area contributed by atoms with Crippen molar-refractivity contribution in [2.24, 2.45) is 5.73 Å². The Morgan fingerprint density at radius 1 is 1.02 bits per heavy atom. The normalized spacial score (nSPS) is 13.0. The van der Waals surface area contributed by atoms with Gasteiger partial charge < -0.3 is 20.3 Å². The van der Waals surface area contributed by atoms with Gasteiger partial charge in [-0.15, -0.1) is 0 Å². The van der Waals surface area contributed by atoms with Gasteiger partial charge in [-0.1, -0.05) is 90.0 Å². The Bertz CT molecular complexity index is 1390. The van der Waals surface area contributed by atoms with E-state index in [1.165, 1.54) is 0 Å². The van der Waals surface area contributed by atoms with Crippen molar-refractivity contribution in [3.63, 3.8) is 0 Å². The molecule has 3 N–H and O–H groups in total. The van der Waals surface area contributed by atoms with E-state index in [1.54, 1.807) is 12.1 Å². The minimum atomic E-state index is -0.774. The molecule has 6 nitrogen and oxygen atoms in total. The number of nitrogens with two attached hydrogens (primary N) is 1. The van der Waals surface area contributed by atoms with E-state index in [0.29, 0.717) is 17.7 Å². The van der Waals surface area contributed by atoms with E-state index >= 15 is 0 Å². The fourth-order valence-corrected chi connectivity index (χ4v) is 4.54. The van der Waals surface area contributed by atoms with Gasteiger partial charge in [0.15, 0.2) is 0 Å². The van der Waals surface area contributed by atoms with Crippen LogP contribution in [0.25, 0.3) is 5.57 Å². The third kappa shape index (κ3) is 10.4. The number of ether oxygens (including phenoxy) is 2. The van der Waals surface area contributed by atoms with Crippen molar-refractivity contribution in [2.75, 3.05) is 0 Å². The molecule has 0 bridgehead atoms. The number of hydrogen-bond acceptors (Lipinski definition) is 4. The van der Waals surface area contributed by atoms with Gasteiger partial charge in [0.25, 0.3) is 5.91 Å². The lowest BCUT2D eigenvalue weighted by atomic mass is 9.99. The Kier molecular flexibility index (Phi) is 12.4. The first kappa shape index (κ1) is 31.4. The molecule has 0 radical (unpaired) electrons. The van der Waals surface area contributed by atoms with Crippen LogP contribution >= 0.6 is 15.9 Å². The summed E-state index contributed by atoms with van der Waals surface area (Å²) in [4.78, 5) is 21.9. The first-order valence-electron chi connectivity index (χ1n) is 13.6. The van der Waals surface area contributed by atoms with Crippen molar-refractivity contribution in [1.82, 2.24) is 0 Å². The van der Waals surface area contributed by atoms with Gasteiger partial charge >= 0.3 is 5.97 Å². The predicted octanol–water partition coefficient (Wildman–Crippen LogP) is 8.13. The number of hydrogen-bond donors (Lipinski definition) is 2. The van der Waals surface area contributed by atoms with Crippen LogP contribution < -0.4 is 15.2 Å². The molecule has 0 aliphatic heterocycles. The molecule has 1 aliphatic rings. The maximum absolute atomic E-state index is 11.2. The maximum atomic E-state index is 11.2. The number of carbonyl (C=O) groups is 2. The molecule has 0 heterocycles. The number of amides is 1. The number of para-hydroxylation sites is 1. The summed E-state index contributed by atoms with van der Waals surface area (Å²) >= 11 is 3.30. The number of allylic oxidation sites excluding steroid dienone is 5. The number of aliphatic carboxylic acids is 1. The molecule has 1 unspecified atom stereocenters. The van der Waals surface area contributed by atoms with Crippen LogP contribution in [0.2, 0.25) is 0 Å². The molecule has 0 fully saturated rings. The molecule has 3 aromatic rings. The fourth-order valence-electron chi connectivity index (χ4n) is 4.18. The highest BCUT2D eigenvalue weighted by molar-refractivity contribution is 9.10. The second-order valence-corrected chi connectivity index (χ2v) is 10.5. The molecule has 0 saturated carbocycles. The van der Waals surface area contributed by atoms with Crippen molar-refractivity contribution in [1.29, 1.82) is 0 Å². The molecule has 3 aromatic carbocycles. The first-order chi connectivity index (χ1) is 19.8. The predicted molar refractivity (Wildman–Crippen MR) is 167 cm³/mol. The first-order valence-corrected chi connectivity index (χ1v) is 14.4. The second-order valence-electron chi connectivity index (χ2n) is 9.56. The second kappa shape index (κ2) is 16.2. The zero-order chi connectivity index (χ0) is 29.6. The molecule has 0 aromatic heterocycles. The number of benzene rings is 3. The van der Waals surface area contributed by atoms with Crippen LogP contribution in [0, 0.1) is 0 Å². The number of aryl methyl sites for hydroxylation is 1. The summed E-state index contributed by atoms with van der Waals surface area (Å²) < 4.78 is 12.6. The van der Waals surface area contributed by atoms with Crippen LogP contribution in [-0.2, 0) is 11.2 Å². The summed E-state index contributed by atoms with van der Waals surface area (Å²) in [6.07, 6.45) is 11.6. The lowest BCUT2D eigenvalue weighted by Gasteiger charge is -2.15. The monoisotopic (exact) mass is 617 g/mol. The summed E-state index contributed by atoms with van der Waals surface area (Å²) in [6, 6.07) is 23.1. The van der Waals surface area contributed by atoms with Crippen LogP contribution in [0.3, 0.4) is 0 Å². The molecule has 0 spiro atoms. The molecule has 41 heavy (non-hydrogen) atoms. The third-order valence-corrected chi connectivity index (χ3v) is 6.74. The summed E-state index contributed by atoms with van der Waals surface area (Å²) in [6.45, 7) is 4.08. The van der Waals surface area contributed by atoms with Gasteiger partial charge in [-0.3, -0.25) is 9.59 Å². The highest BCUT2D eigenvalue weighted by Crippen LogP contribution is 2.28. The lowest BCUT2D eigenvalue weighted by molar-refractivity contribution is -0.136. The van der Waals surface area contributed by atoms with Crippen molar-refractivity contribution < 1.29 is 24.2 Å². The third-order valence-electron chi connectivity index (χ3n) is 6.25. The van der Waals surface area contributed by atoms with Gasteiger partial charge in [0.2, 0.25) is 0 Å². The topological polar surface area (TPSA) is 98.9 Å². The molecule has 1 atom stereocenters. The summed E-state index contributed by atoms with van der Waals surface area (Å²) in [5.41, 5.74) is 8.93. The Labute approximate surface area is 250 Å². The molecule has 7 heteroatoms. The quantitative estimate of drug-likeness (QED) is 0.226. The zero-order valence-corrected chi connectivity index (χ0v) is 25.0. The van der Waals surface area contributed by atoms with E-state index in [-0.39, 0.29) is 12.5 Å². The van der Waals surface area contributed by atoms with Crippen molar-refractivity contribution in [3.05, 3.63) is 124 Å². The molecule has 0 saturated heterocycles. The Balaban J connectivity index is 0.000000250. The minimum Gasteiger partial charge on any atom is -0.490 e. The smallest absolute Gasteiger partial charge is 0.303 e. The molecule has 1 aliphatic carbocycles. The summed E-state index contributed by atoms with van der Waals surface area (Å²) in [7, 11) is 0. The van der Waals surface area contributed by atoms with E-state index in [4.69, 9.17) is 20.3 Å². The van der Waals surface area contributed by atoms with Crippen LogP contribution in [0.4, 0.5) is 0 Å². The largest absolute Gasteiger partial charge is 0.490 e. The standard InChI is InChI=1S/C22H20O3.C12H16BrNO2/c23-22(24)16-13-17-11-14-18(15-12-17)20-9-5-2-6-10-21(20)25-19-7-3-1-4-8-19;1-3-4-8(2)16-11-6-5-9(13)7-10(11)12(14)15/h1-8,10-12,14-15H,9,13,16H2,(H,23,24);5-8H,3-4H2,1-2H3,(H2,14,15). The van der Waals surface area contributed by atoms with E-state index in [2.05, 4.69) is 28.9 Å². The SMILES string of the molecule is CCCC(C)Oc1ccc(Br)cc1C(N)=O.O=C(O)CCc1ccc(C2=C(Oc3ccccc3)C=CC=CC2)cc1. The highest BCUT2D eigenvalue weighted by atomic mass is 79.9. The maximum Gasteiger partial charge on any atom is 0.303 e. The van der Waals surface area contributed by atoms with Crippen LogP contribution in [-0.4, -0.2) is 23.1 Å². The van der Waals surface area contributed by atoms with Crippen molar-refractivity contribution >= 4 is 33.4 Å². The number of carboxylic acids is 1. The minimum absolute atomic E-state index is 0.0873. The van der Waals surface area contributed by atoms with Crippen LogP contribution in [0.5, 0.6) is 11.5 Å². The Morgan fingerprint density at radius 2 is 1.76 bits per heavy atom. The zero-order valence-electron chi connectivity index (χ0n) is 23.4. The van der Waals surface area contributed by atoms with Gasteiger partial charge in [0.1, 0.15) is 17.3 Å². The summed E-state index contributed by atoms with van der Waals surface area (Å²) in [5.74, 6) is 0.940. The van der Waals surface area contributed by atoms with E-state index in [9.17, 15) is 9.59 Å². The molecule has 214 valence electrons. The van der Waals surface area contributed by atoms with Gasteiger partial charge in [-0.2, -0.15) is 0 Å². The summed E-state index contributed by atoms with van der Waals surface area (Å²) in [5, 5.41) is 8.80. The van der Waals surface area contributed by atoms with Crippen LogP contribution in [0.1, 0.15) is 61.0 Å². The lowest BCUT2D eigenvalue weighted by Crippen LogP contribution is -2.17. The molecule has 1 amide bonds. The molecular weight excluding hydrogens is 582 g/mol. The van der Waals surface area contributed by atoms with Crippen molar-refractivity contribution in [3.8, 4) is 11.5 Å². The average Bonchev–Trinajstić information content (AvgIpc) is 3.19. The molecule has 4 rings (SSSR count). The molecular formula is C34H36BrNO5. The number of carboxylic acid groups (broad SMARTS) is 1. The average molecular weight is 619 g/mol. The van der Waals surface area contributed by atoms with E-state index < -0.39 is 11.9 Å². The Hall–Kier alpha value is -4.10.